The third-order valence-electron chi connectivity index (χ3n) is 3.16. The first kappa shape index (κ1) is 15.4. The molecule has 0 aliphatic heterocycles. The second-order valence-corrected chi connectivity index (χ2v) is 4.89. The summed E-state index contributed by atoms with van der Waals surface area (Å²) in [5.41, 5.74) is 1.11. The minimum absolute atomic E-state index is 0.442. The molecule has 1 aromatic carbocycles. The molecule has 1 heterocycles. The van der Waals surface area contributed by atoms with Crippen LogP contribution in [0.25, 0.3) is 0 Å². The van der Waals surface area contributed by atoms with Gasteiger partial charge in [-0.2, -0.15) is 0 Å². The van der Waals surface area contributed by atoms with Gasteiger partial charge in [-0.1, -0.05) is 13.0 Å². The molecule has 5 nitrogen and oxygen atoms in total. The van der Waals surface area contributed by atoms with Crippen molar-refractivity contribution in [1.82, 2.24) is 14.9 Å². The molecule has 0 fully saturated rings. The van der Waals surface area contributed by atoms with Crippen LogP contribution in [0.3, 0.4) is 0 Å². The van der Waals surface area contributed by atoms with Crippen LogP contribution in [0.4, 0.5) is 0 Å². The molecule has 0 bridgehead atoms. The highest BCUT2D eigenvalue weighted by atomic mass is 16.5. The Bertz CT molecular complexity index is 566. The van der Waals surface area contributed by atoms with E-state index in [1.54, 1.807) is 6.20 Å². The number of aryl methyl sites for hydroxylation is 1. The zero-order valence-electron chi connectivity index (χ0n) is 12.9. The number of imidazole rings is 1. The summed E-state index contributed by atoms with van der Waals surface area (Å²) in [5, 5.41) is 3.15. The SMILES string of the molecule is CCCOc1ccc(CNC)c(OCc2nccn2C)c1. The second kappa shape index (κ2) is 7.69. The minimum Gasteiger partial charge on any atom is -0.493 e. The molecule has 0 atom stereocenters. The van der Waals surface area contributed by atoms with E-state index in [2.05, 4.69) is 17.2 Å². The van der Waals surface area contributed by atoms with E-state index in [-0.39, 0.29) is 0 Å². The fourth-order valence-corrected chi connectivity index (χ4v) is 1.99. The Morgan fingerprint density at radius 3 is 2.81 bits per heavy atom. The summed E-state index contributed by atoms with van der Waals surface area (Å²) in [6.45, 7) is 4.00. The molecule has 0 radical (unpaired) electrons. The number of hydrogen-bond acceptors (Lipinski definition) is 4. The van der Waals surface area contributed by atoms with Crippen LogP contribution in [-0.2, 0) is 20.2 Å². The molecule has 0 amide bonds. The number of aromatic nitrogens is 2. The van der Waals surface area contributed by atoms with Gasteiger partial charge in [0.05, 0.1) is 6.61 Å². The van der Waals surface area contributed by atoms with Gasteiger partial charge in [0.25, 0.3) is 0 Å². The molecular weight excluding hydrogens is 266 g/mol. The van der Waals surface area contributed by atoms with Crippen LogP contribution in [0.1, 0.15) is 24.7 Å². The highest BCUT2D eigenvalue weighted by molar-refractivity contribution is 5.40. The molecule has 21 heavy (non-hydrogen) atoms. The number of nitrogens with zero attached hydrogens (tertiary/aromatic N) is 2. The highest BCUT2D eigenvalue weighted by Gasteiger charge is 2.08. The zero-order chi connectivity index (χ0) is 15.1. The van der Waals surface area contributed by atoms with E-state index >= 15 is 0 Å². The summed E-state index contributed by atoms with van der Waals surface area (Å²) in [6.07, 6.45) is 4.67. The monoisotopic (exact) mass is 289 g/mol. The number of ether oxygens (including phenoxy) is 2. The molecule has 0 unspecified atom stereocenters. The molecule has 0 saturated heterocycles. The lowest BCUT2D eigenvalue weighted by Crippen LogP contribution is -2.09. The Kier molecular flexibility index (Phi) is 5.63. The van der Waals surface area contributed by atoms with Gasteiger partial charge in [-0.25, -0.2) is 4.98 Å². The van der Waals surface area contributed by atoms with E-state index < -0.39 is 0 Å². The summed E-state index contributed by atoms with van der Waals surface area (Å²) < 4.78 is 13.6. The molecule has 0 saturated carbocycles. The smallest absolute Gasteiger partial charge is 0.146 e. The first-order chi connectivity index (χ1) is 10.2. The number of benzene rings is 1. The predicted octanol–water partition coefficient (Wildman–Crippen LogP) is 2.51. The zero-order valence-corrected chi connectivity index (χ0v) is 12.9. The average Bonchev–Trinajstić information content (AvgIpc) is 2.90. The highest BCUT2D eigenvalue weighted by Crippen LogP contribution is 2.26. The Balaban J connectivity index is 2.11. The van der Waals surface area contributed by atoms with Crippen LogP contribution in [0.15, 0.2) is 30.6 Å². The van der Waals surface area contributed by atoms with Crippen LogP contribution in [0.5, 0.6) is 11.5 Å². The molecule has 0 spiro atoms. The van der Waals surface area contributed by atoms with Gasteiger partial charge >= 0.3 is 0 Å². The van der Waals surface area contributed by atoms with Crippen molar-refractivity contribution in [3.05, 3.63) is 42.0 Å². The normalized spacial score (nSPS) is 10.6. The van der Waals surface area contributed by atoms with Gasteiger partial charge in [0, 0.05) is 37.6 Å². The predicted molar refractivity (Wildman–Crippen MR) is 82.5 cm³/mol. The lowest BCUT2D eigenvalue weighted by molar-refractivity contribution is 0.281. The van der Waals surface area contributed by atoms with Crippen molar-refractivity contribution in [2.45, 2.75) is 26.5 Å². The summed E-state index contributed by atoms with van der Waals surface area (Å²) >= 11 is 0. The Morgan fingerprint density at radius 1 is 1.29 bits per heavy atom. The first-order valence-electron chi connectivity index (χ1n) is 7.24. The van der Waals surface area contributed by atoms with E-state index in [9.17, 15) is 0 Å². The lowest BCUT2D eigenvalue weighted by Gasteiger charge is -2.13. The topological polar surface area (TPSA) is 48.3 Å². The van der Waals surface area contributed by atoms with E-state index in [1.165, 1.54) is 0 Å². The number of rotatable bonds is 8. The number of nitrogens with one attached hydrogen (secondary N) is 1. The van der Waals surface area contributed by atoms with Crippen LogP contribution < -0.4 is 14.8 Å². The second-order valence-electron chi connectivity index (χ2n) is 4.89. The quantitative estimate of drug-likeness (QED) is 0.811. The third kappa shape index (κ3) is 4.23. The van der Waals surface area contributed by atoms with E-state index in [0.717, 1.165) is 35.9 Å². The fourth-order valence-electron chi connectivity index (χ4n) is 1.99. The van der Waals surface area contributed by atoms with Crippen molar-refractivity contribution in [2.75, 3.05) is 13.7 Å². The van der Waals surface area contributed by atoms with Crippen molar-refractivity contribution in [3.8, 4) is 11.5 Å². The van der Waals surface area contributed by atoms with Crippen LogP contribution in [-0.4, -0.2) is 23.2 Å². The largest absolute Gasteiger partial charge is 0.493 e. The minimum atomic E-state index is 0.442. The fraction of sp³-hybridized carbons (Fsp3) is 0.438. The maximum absolute atomic E-state index is 5.93. The van der Waals surface area contributed by atoms with Crippen LogP contribution in [0, 0.1) is 0 Å². The van der Waals surface area contributed by atoms with Gasteiger partial charge in [0.15, 0.2) is 0 Å². The van der Waals surface area contributed by atoms with Gasteiger partial charge < -0.3 is 19.4 Å². The van der Waals surface area contributed by atoms with Gasteiger partial charge in [0.1, 0.15) is 23.9 Å². The van der Waals surface area contributed by atoms with Crippen molar-refractivity contribution in [1.29, 1.82) is 0 Å². The molecule has 114 valence electrons. The van der Waals surface area contributed by atoms with Gasteiger partial charge in [0.2, 0.25) is 0 Å². The van der Waals surface area contributed by atoms with Crippen LogP contribution >= 0.6 is 0 Å². The molecular formula is C16H23N3O2. The standard InChI is InChI=1S/C16H23N3O2/c1-4-9-20-14-6-5-13(11-17-2)15(10-14)21-12-16-18-7-8-19(16)3/h5-8,10,17H,4,9,11-12H2,1-3H3. The summed E-state index contributed by atoms with van der Waals surface area (Å²) in [4.78, 5) is 4.27. The first-order valence-corrected chi connectivity index (χ1v) is 7.24. The van der Waals surface area contributed by atoms with Gasteiger partial charge in [-0.3, -0.25) is 0 Å². The van der Waals surface area contributed by atoms with Crippen LogP contribution in [0.2, 0.25) is 0 Å². The maximum Gasteiger partial charge on any atom is 0.146 e. The summed E-state index contributed by atoms with van der Waals surface area (Å²) in [5.74, 6) is 2.57. The van der Waals surface area contributed by atoms with E-state index in [0.29, 0.717) is 13.2 Å². The molecule has 2 rings (SSSR count). The molecule has 1 aromatic heterocycles. The van der Waals surface area contributed by atoms with E-state index in [4.69, 9.17) is 9.47 Å². The maximum atomic E-state index is 5.93. The van der Waals surface area contributed by atoms with Crippen molar-refractivity contribution < 1.29 is 9.47 Å². The molecule has 5 heteroatoms. The Hall–Kier alpha value is -2.01. The Labute approximate surface area is 125 Å². The molecule has 0 aliphatic rings. The van der Waals surface area contributed by atoms with Crippen molar-refractivity contribution in [2.24, 2.45) is 7.05 Å². The lowest BCUT2D eigenvalue weighted by atomic mass is 10.2. The van der Waals surface area contributed by atoms with E-state index in [1.807, 2.05) is 43.1 Å². The van der Waals surface area contributed by atoms with Gasteiger partial charge in [-0.15, -0.1) is 0 Å². The summed E-state index contributed by atoms with van der Waals surface area (Å²) in [6, 6.07) is 5.97. The van der Waals surface area contributed by atoms with Gasteiger partial charge in [-0.05, 0) is 19.5 Å². The van der Waals surface area contributed by atoms with Crippen molar-refractivity contribution in [3.63, 3.8) is 0 Å². The number of hydrogen-bond donors (Lipinski definition) is 1. The average molecular weight is 289 g/mol. The molecule has 1 N–H and O–H groups in total. The third-order valence-corrected chi connectivity index (χ3v) is 3.16. The molecule has 0 aliphatic carbocycles. The Morgan fingerprint density at radius 2 is 2.14 bits per heavy atom. The summed E-state index contributed by atoms with van der Waals surface area (Å²) in [7, 11) is 3.88. The molecule has 2 aromatic rings. The van der Waals surface area contributed by atoms with Crippen molar-refractivity contribution >= 4 is 0 Å².